The van der Waals surface area contributed by atoms with Crippen LogP contribution in [0.3, 0.4) is 0 Å². The molecule has 0 N–H and O–H groups in total. The number of hydrogen-bond acceptors (Lipinski definition) is 5. The van der Waals surface area contributed by atoms with Crippen molar-refractivity contribution >= 4 is 23.1 Å². The molecule has 0 spiro atoms. The summed E-state index contributed by atoms with van der Waals surface area (Å²) in [6, 6.07) is 3.49. The summed E-state index contributed by atoms with van der Waals surface area (Å²) in [4.78, 5) is 23.2. The fraction of sp³-hybridized carbons (Fsp3) is 0.300. The Bertz CT molecular complexity index is 442. The molecule has 0 unspecified atom stereocenters. The first-order valence-electron chi connectivity index (χ1n) is 4.32. The number of thiophene rings is 1. The summed E-state index contributed by atoms with van der Waals surface area (Å²) < 4.78 is 4.58. The van der Waals surface area contributed by atoms with Crippen LogP contribution in [-0.2, 0) is 9.53 Å². The zero-order valence-corrected chi connectivity index (χ0v) is 9.18. The van der Waals surface area contributed by atoms with Gasteiger partial charge < -0.3 is 4.74 Å². The summed E-state index contributed by atoms with van der Waals surface area (Å²) in [7, 11) is 0. The molecule has 0 saturated heterocycles. The lowest BCUT2D eigenvalue weighted by atomic mass is 10.2. The van der Waals surface area contributed by atoms with Gasteiger partial charge in [-0.25, -0.2) is 4.79 Å². The molecule has 0 bridgehead atoms. The molecule has 78 valence electrons. The minimum absolute atomic E-state index is 0.167. The Balaban J connectivity index is 2.93. The molecule has 1 rings (SSSR count). The van der Waals surface area contributed by atoms with Crippen molar-refractivity contribution in [3.8, 4) is 6.07 Å². The van der Waals surface area contributed by atoms with E-state index in [1.807, 2.05) is 6.07 Å². The summed E-state index contributed by atoms with van der Waals surface area (Å²) in [5.74, 6) is -1.56. The molecule has 5 heteroatoms. The molecular weight excluding hydrogens is 214 g/mol. The SMILES string of the molecule is CCOC(=O)C(=O)c1cc(C)c(C#N)s1. The van der Waals surface area contributed by atoms with Crippen LogP contribution in [0.4, 0.5) is 0 Å². The summed E-state index contributed by atoms with van der Waals surface area (Å²) in [5, 5.41) is 8.69. The number of nitriles is 1. The maximum Gasteiger partial charge on any atom is 0.380 e. The number of ketones is 1. The predicted octanol–water partition coefficient (Wildman–Crippen LogP) is 1.67. The fourth-order valence-corrected chi connectivity index (χ4v) is 1.90. The number of aryl methyl sites for hydroxylation is 1. The van der Waals surface area contributed by atoms with Gasteiger partial charge >= 0.3 is 5.97 Å². The molecule has 1 aromatic rings. The normalized spacial score (nSPS) is 9.40. The number of rotatable bonds is 3. The van der Waals surface area contributed by atoms with Crippen LogP contribution in [0.15, 0.2) is 6.07 Å². The number of nitrogens with zero attached hydrogens (tertiary/aromatic N) is 1. The third-order valence-corrected chi connectivity index (χ3v) is 2.84. The smallest absolute Gasteiger partial charge is 0.380 e. The van der Waals surface area contributed by atoms with E-state index in [2.05, 4.69) is 4.74 Å². The van der Waals surface area contributed by atoms with E-state index in [9.17, 15) is 9.59 Å². The van der Waals surface area contributed by atoms with E-state index in [1.54, 1.807) is 13.8 Å². The molecule has 1 aromatic heterocycles. The minimum Gasteiger partial charge on any atom is -0.460 e. The van der Waals surface area contributed by atoms with Crippen molar-refractivity contribution in [3.05, 3.63) is 21.4 Å². The number of carbonyl (C=O) groups is 2. The Morgan fingerprint density at radius 1 is 1.60 bits per heavy atom. The van der Waals surface area contributed by atoms with Crippen molar-refractivity contribution in [3.63, 3.8) is 0 Å². The molecule has 0 aliphatic heterocycles. The summed E-state index contributed by atoms with van der Waals surface area (Å²) in [6.45, 7) is 3.52. The van der Waals surface area contributed by atoms with Gasteiger partial charge in [0.25, 0.3) is 5.78 Å². The van der Waals surface area contributed by atoms with Gasteiger partial charge in [0.15, 0.2) is 0 Å². The molecule has 4 nitrogen and oxygen atoms in total. The second kappa shape index (κ2) is 4.71. The van der Waals surface area contributed by atoms with Crippen LogP contribution >= 0.6 is 11.3 Å². The molecule has 0 fully saturated rings. The molecule has 0 aliphatic rings. The highest BCUT2D eigenvalue weighted by atomic mass is 32.1. The minimum atomic E-state index is -0.872. The lowest BCUT2D eigenvalue weighted by Crippen LogP contribution is -2.16. The van der Waals surface area contributed by atoms with E-state index in [-0.39, 0.29) is 11.5 Å². The highest BCUT2D eigenvalue weighted by Gasteiger charge is 2.20. The third-order valence-electron chi connectivity index (χ3n) is 1.70. The Labute approximate surface area is 91.1 Å². The second-order valence-corrected chi connectivity index (χ2v) is 3.84. The fourth-order valence-electron chi connectivity index (χ4n) is 1.00. The first-order chi connectivity index (χ1) is 7.10. The zero-order valence-electron chi connectivity index (χ0n) is 8.36. The summed E-state index contributed by atoms with van der Waals surface area (Å²) in [5.41, 5.74) is 0.704. The highest BCUT2D eigenvalue weighted by molar-refractivity contribution is 7.15. The van der Waals surface area contributed by atoms with Crippen molar-refractivity contribution in [2.45, 2.75) is 13.8 Å². The van der Waals surface area contributed by atoms with E-state index in [0.29, 0.717) is 10.4 Å². The first-order valence-corrected chi connectivity index (χ1v) is 5.13. The van der Waals surface area contributed by atoms with Gasteiger partial charge in [0, 0.05) is 0 Å². The Morgan fingerprint density at radius 2 is 2.27 bits per heavy atom. The number of ether oxygens (including phenoxy) is 1. The van der Waals surface area contributed by atoms with Crippen molar-refractivity contribution in [2.75, 3.05) is 6.61 Å². The topological polar surface area (TPSA) is 67.2 Å². The van der Waals surface area contributed by atoms with Crippen molar-refractivity contribution < 1.29 is 14.3 Å². The summed E-state index contributed by atoms with van der Waals surface area (Å²) >= 11 is 1.01. The van der Waals surface area contributed by atoms with Gasteiger partial charge in [-0.3, -0.25) is 4.79 Å². The molecule has 0 saturated carbocycles. The molecule has 0 aliphatic carbocycles. The maximum absolute atomic E-state index is 11.4. The number of Topliss-reactive ketones (excluding diaryl/α,β-unsaturated/α-hetero) is 1. The van der Waals surface area contributed by atoms with Crippen LogP contribution in [0, 0.1) is 18.3 Å². The van der Waals surface area contributed by atoms with Gasteiger partial charge in [0.05, 0.1) is 11.5 Å². The largest absolute Gasteiger partial charge is 0.460 e. The lowest BCUT2D eigenvalue weighted by Gasteiger charge is -1.96. The number of carbonyl (C=O) groups excluding carboxylic acids is 2. The van der Waals surface area contributed by atoms with Crippen LogP contribution in [0.1, 0.15) is 27.0 Å². The maximum atomic E-state index is 11.4. The van der Waals surface area contributed by atoms with Gasteiger partial charge in [0.1, 0.15) is 10.9 Å². The highest BCUT2D eigenvalue weighted by Crippen LogP contribution is 2.21. The van der Waals surface area contributed by atoms with Gasteiger partial charge in [0.2, 0.25) is 0 Å². The van der Waals surface area contributed by atoms with Crippen LogP contribution in [0.2, 0.25) is 0 Å². The van der Waals surface area contributed by atoms with Crippen molar-refractivity contribution in [1.82, 2.24) is 0 Å². The number of hydrogen-bond donors (Lipinski definition) is 0. The van der Waals surface area contributed by atoms with Gasteiger partial charge in [-0.05, 0) is 25.5 Å². The van der Waals surface area contributed by atoms with Gasteiger partial charge in [-0.1, -0.05) is 0 Å². The van der Waals surface area contributed by atoms with Crippen LogP contribution in [0.5, 0.6) is 0 Å². The molecule has 0 amide bonds. The average Bonchev–Trinajstić information content (AvgIpc) is 2.59. The van der Waals surface area contributed by atoms with E-state index < -0.39 is 11.8 Å². The van der Waals surface area contributed by atoms with E-state index in [4.69, 9.17) is 5.26 Å². The third kappa shape index (κ3) is 2.42. The molecule has 0 radical (unpaired) electrons. The Morgan fingerprint density at radius 3 is 2.73 bits per heavy atom. The van der Waals surface area contributed by atoms with Crippen LogP contribution in [-0.4, -0.2) is 18.4 Å². The second-order valence-electron chi connectivity index (χ2n) is 2.78. The Hall–Kier alpha value is -1.67. The molecule has 0 atom stereocenters. The predicted molar refractivity (Wildman–Crippen MR) is 54.7 cm³/mol. The molecular formula is C10H9NO3S. The zero-order chi connectivity index (χ0) is 11.4. The molecule has 15 heavy (non-hydrogen) atoms. The molecule has 1 heterocycles. The van der Waals surface area contributed by atoms with Crippen LogP contribution in [0.25, 0.3) is 0 Å². The standard InChI is InChI=1S/C10H9NO3S/c1-3-14-10(13)9(12)7-4-6(2)8(5-11)15-7/h4H,3H2,1-2H3. The quantitative estimate of drug-likeness (QED) is 0.444. The summed E-state index contributed by atoms with van der Waals surface area (Å²) in [6.07, 6.45) is 0. The lowest BCUT2D eigenvalue weighted by molar-refractivity contribution is -0.137. The Kier molecular flexibility index (Phi) is 3.58. The average molecular weight is 223 g/mol. The monoisotopic (exact) mass is 223 g/mol. The van der Waals surface area contributed by atoms with Crippen molar-refractivity contribution in [1.29, 1.82) is 5.26 Å². The van der Waals surface area contributed by atoms with Crippen molar-refractivity contribution in [2.24, 2.45) is 0 Å². The van der Waals surface area contributed by atoms with Gasteiger partial charge in [-0.2, -0.15) is 5.26 Å². The number of esters is 1. The van der Waals surface area contributed by atoms with E-state index in [0.717, 1.165) is 11.3 Å². The van der Waals surface area contributed by atoms with E-state index >= 15 is 0 Å². The molecule has 0 aromatic carbocycles. The van der Waals surface area contributed by atoms with E-state index in [1.165, 1.54) is 6.07 Å². The van der Waals surface area contributed by atoms with Gasteiger partial charge in [-0.15, -0.1) is 11.3 Å². The first kappa shape index (κ1) is 11.4. The van der Waals surface area contributed by atoms with Crippen LogP contribution < -0.4 is 0 Å².